The van der Waals surface area contributed by atoms with Crippen LogP contribution in [0.25, 0.3) is 0 Å². The molecule has 36 heavy (non-hydrogen) atoms. The lowest BCUT2D eigenvalue weighted by atomic mass is 10.1. The van der Waals surface area contributed by atoms with Gasteiger partial charge >= 0.3 is 0 Å². The van der Waals surface area contributed by atoms with Gasteiger partial charge in [0.25, 0.3) is 5.91 Å². The van der Waals surface area contributed by atoms with Crippen molar-refractivity contribution in [1.29, 1.82) is 0 Å². The van der Waals surface area contributed by atoms with Gasteiger partial charge in [0, 0.05) is 49.3 Å². The molecule has 2 aromatic carbocycles. The summed E-state index contributed by atoms with van der Waals surface area (Å²) < 4.78 is 24.4. The molecule has 0 saturated carbocycles. The number of aromatic nitrogens is 2. The molecule has 2 aliphatic heterocycles. The molecule has 0 spiro atoms. The summed E-state index contributed by atoms with van der Waals surface area (Å²) in [6.07, 6.45) is 1.67. The van der Waals surface area contributed by atoms with Gasteiger partial charge in [-0.2, -0.15) is 4.98 Å². The second-order valence-electron chi connectivity index (χ2n) is 8.50. The number of anilines is 4. The molecule has 2 aliphatic rings. The van der Waals surface area contributed by atoms with Crippen LogP contribution in [0.3, 0.4) is 0 Å². The third kappa shape index (κ3) is 7.12. The summed E-state index contributed by atoms with van der Waals surface area (Å²) >= 11 is 0. The molecule has 3 heterocycles. The van der Waals surface area contributed by atoms with Crippen LogP contribution in [-0.4, -0.2) is 68.5 Å². The van der Waals surface area contributed by atoms with E-state index < -0.39 is 5.82 Å². The number of nitrogens with zero attached hydrogens (tertiary/aromatic N) is 4. The topological polar surface area (TPSA) is 106 Å². The first-order chi connectivity index (χ1) is 17.5. The van der Waals surface area contributed by atoms with Crippen molar-refractivity contribution in [1.82, 2.24) is 9.97 Å². The Bertz CT molecular complexity index is 1150. The molecule has 1 aromatic heterocycles. The molecule has 1 amide bonds. The van der Waals surface area contributed by atoms with E-state index >= 15 is 0 Å². The predicted octanol–water partition coefficient (Wildman–Crippen LogP) is 3.12. The van der Waals surface area contributed by atoms with Crippen LogP contribution in [0.4, 0.5) is 27.5 Å². The highest BCUT2D eigenvalue weighted by Crippen LogP contribution is 2.21. The first-order valence-electron chi connectivity index (χ1n) is 11.9. The molecule has 0 aliphatic carbocycles. The molecule has 2 saturated heterocycles. The molecule has 9 nitrogen and oxygen atoms in total. The Balaban J connectivity index is 0.000000197. The fourth-order valence-corrected chi connectivity index (χ4v) is 3.83. The zero-order valence-corrected chi connectivity index (χ0v) is 20.3. The maximum absolute atomic E-state index is 13.9. The Morgan fingerprint density at radius 3 is 2.22 bits per heavy atom. The van der Waals surface area contributed by atoms with E-state index in [4.69, 9.17) is 15.2 Å². The summed E-state index contributed by atoms with van der Waals surface area (Å²) in [6, 6.07) is 13.6. The molecule has 0 radical (unpaired) electrons. The van der Waals surface area contributed by atoms with Crippen LogP contribution in [0.15, 0.2) is 54.7 Å². The number of rotatable bonds is 4. The molecule has 0 unspecified atom stereocenters. The smallest absolute Gasteiger partial charge is 0.255 e. The first-order valence-corrected chi connectivity index (χ1v) is 11.9. The van der Waals surface area contributed by atoms with Gasteiger partial charge in [-0.15, -0.1) is 0 Å². The van der Waals surface area contributed by atoms with Crippen molar-refractivity contribution in [3.63, 3.8) is 0 Å². The fraction of sp³-hybridized carbons (Fsp3) is 0.346. The number of morpholine rings is 2. The number of halogens is 1. The van der Waals surface area contributed by atoms with Crippen LogP contribution in [0.5, 0.6) is 0 Å². The Labute approximate surface area is 210 Å². The summed E-state index contributed by atoms with van der Waals surface area (Å²) in [5.74, 6) is 0.478. The summed E-state index contributed by atoms with van der Waals surface area (Å²) in [4.78, 5) is 24.7. The Morgan fingerprint density at radius 1 is 0.944 bits per heavy atom. The number of benzene rings is 2. The zero-order valence-electron chi connectivity index (χ0n) is 20.3. The van der Waals surface area contributed by atoms with E-state index in [2.05, 4.69) is 20.2 Å². The molecular weight excluding hydrogens is 463 g/mol. The van der Waals surface area contributed by atoms with E-state index in [-0.39, 0.29) is 5.91 Å². The maximum Gasteiger partial charge on any atom is 0.255 e. The largest absolute Gasteiger partial charge is 0.384 e. The lowest BCUT2D eigenvalue weighted by molar-refractivity contribution is 0.102. The third-order valence-corrected chi connectivity index (χ3v) is 5.79. The highest BCUT2D eigenvalue weighted by atomic mass is 19.1. The average Bonchev–Trinajstić information content (AvgIpc) is 2.91. The molecule has 2 fully saturated rings. The summed E-state index contributed by atoms with van der Waals surface area (Å²) in [5, 5.41) is 2.79. The second-order valence-corrected chi connectivity index (χ2v) is 8.50. The minimum absolute atomic E-state index is 0.312. The summed E-state index contributed by atoms with van der Waals surface area (Å²) in [7, 11) is 0. The summed E-state index contributed by atoms with van der Waals surface area (Å²) in [5.41, 5.74) is 8.39. The van der Waals surface area contributed by atoms with Crippen molar-refractivity contribution in [2.24, 2.45) is 0 Å². The zero-order chi connectivity index (χ0) is 25.3. The lowest BCUT2D eigenvalue weighted by Crippen LogP contribution is -2.37. The van der Waals surface area contributed by atoms with Crippen molar-refractivity contribution in [2.45, 2.75) is 6.92 Å². The lowest BCUT2D eigenvalue weighted by Gasteiger charge is -2.29. The number of amides is 1. The average molecular weight is 495 g/mol. The number of ether oxygens (including phenoxy) is 2. The van der Waals surface area contributed by atoms with Gasteiger partial charge in [-0.05, 0) is 43.3 Å². The third-order valence-electron chi connectivity index (χ3n) is 5.79. The Kier molecular flexibility index (Phi) is 8.64. The van der Waals surface area contributed by atoms with Gasteiger partial charge in [-0.25, -0.2) is 9.37 Å². The molecule has 5 rings (SSSR count). The molecule has 3 N–H and O–H groups in total. The van der Waals surface area contributed by atoms with Crippen LogP contribution < -0.4 is 20.9 Å². The van der Waals surface area contributed by atoms with Gasteiger partial charge < -0.3 is 30.3 Å². The van der Waals surface area contributed by atoms with E-state index in [1.807, 2.05) is 36.1 Å². The number of carbonyl (C=O) groups excluding carboxylic acids is 1. The molecule has 0 bridgehead atoms. The highest BCUT2D eigenvalue weighted by molar-refractivity contribution is 6.04. The molecule has 10 heteroatoms. The van der Waals surface area contributed by atoms with E-state index in [1.54, 1.807) is 18.3 Å². The van der Waals surface area contributed by atoms with Gasteiger partial charge in [0.05, 0.1) is 26.4 Å². The van der Waals surface area contributed by atoms with Crippen LogP contribution in [0.2, 0.25) is 0 Å². The van der Waals surface area contributed by atoms with Gasteiger partial charge in [0.1, 0.15) is 11.6 Å². The number of nitrogens with two attached hydrogens (primary N) is 1. The van der Waals surface area contributed by atoms with E-state index in [1.165, 1.54) is 12.1 Å². The highest BCUT2D eigenvalue weighted by Gasteiger charge is 2.16. The minimum atomic E-state index is -0.414. The number of nitrogen functional groups attached to an aromatic ring is 1. The van der Waals surface area contributed by atoms with Crippen LogP contribution >= 0.6 is 0 Å². The second kappa shape index (κ2) is 12.3. The van der Waals surface area contributed by atoms with Crippen molar-refractivity contribution >= 4 is 29.0 Å². The van der Waals surface area contributed by atoms with Crippen LogP contribution in [-0.2, 0) is 9.47 Å². The van der Waals surface area contributed by atoms with Gasteiger partial charge in [-0.3, -0.25) is 4.79 Å². The van der Waals surface area contributed by atoms with Crippen LogP contribution in [0.1, 0.15) is 15.9 Å². The Morgan fingerprint density at radius 2 is 1.58 bits per heavy atom. The molecule has 0 atom stereocenters. The SMILES string of the molecule is Cc1ccc(NC(=O)c2cc(F)cc(N3CCOCC3)c2)cc1.Nc1ccnc(N2CCOCC2)n1. The van der Waals surface area contributed by atoms with Crippen LogP contribution in [0, 0.1) is 12.7 Å². The van der Waals surface area contributed by atoms with E-state index in [9.17, 15) is 9.18 Å². The van der Waals surface area contributed by atoms with Gasteiger partial charge in [0.2, 0.25) is 5.95 Å². The number of nitrogens with one attached hydrogen (secondary N) is 1. The minimum Gasteiger partial charge on any atom is -0.384 e. The number of hydrogen-bond acceptors (Lipinski definition) is 8. The normalized spacial score (nSPS) is 15.6. The van der Waals surface area contributed by atoms with E-state index in [0.29, 0.717) is 55.0 Å². The number of aryl methyl sites for hydroxylation is 1. The molecular formula is C26H31FN6O3. The fourth-order valence-electron chi connectivity index (χ4n) is 3.83. The molecule has 3 aromatic rings. The van der Waals surface area contributed by atoms with Crippen molar-refractivity contribution < 1.29 is 18.7 Å². The number of hydrogen-bond donors (Lipinski definition) is 2. The van der Waals surface area contributed by atoms with Crippen molar-refractivity contribution in [3.05, 3.63) is 71.7 Å². The first kappa shape index (κ1) is 25.3. The van der Waals surface area contributed by atoms with E-state index in [0.717, 1.165) is 31.9 Å². The van der Waals surface area contributed by atoms with Gasteiger partial charge in [-0.1, -0.05) is 17.7 Å². The standard InChI is InChI=1S/C18H19FN2O2.C8H12N4O/c1-13-2-4-16(5-3-13)20-18(22)14-10-15(19)12-17(11-14)21-6-8-23-9-7-21;9-7-1-2-10-8(11-7)12-3-5-13-6-4-12/h2-5,10-12H,6-9H2,1H3,(H,20,22);1-2H,3-6H2,(H2,9,10,11). The quantitative estimate of drug-likeness (QED) is 0.570. The molecule has 190 valence electrons. The van der Waals surface area contributed by atoms with Gasteiger partial charge in [0.15, 0.2) is 0 Å². The van der Waals surface area contributed by atoms with Crippen molar-refractivity contribution in [3.8, 4) is 0 Å². The maximum atomic E-state index is 13.9. The predicted molar refractivity (Wildman–Crippen MR) is 138 cm³/mol. The summed E-state index contributed by atoms with van der Waals surface area (Å²) in [6.45, 7) is 7.74. The van der Waals surface area contributed by atoms with Crippen molar-refractivity contribution in [2.75, 3.05) is 73.5 Å². The monoisotopic (exact) mass is 494 g/mol. The Hall–Kier alpha value is -3.76. The number of carbonyl (C=O) groups is 1.